The summed E-state index contributed by atoms with van der Waals surface area (Å²) in [5.74, 6) is 0. The smallest absolute Gasteiger partial charge is 0.174 e. The van der Waals surface area contributed by atoms with E-state index in [1.54, 1.807) is 0 Å². The van der Waals surface area contributed by atoms with Crippen molar-refractivity contribution < 1.29 is 4.57 Å². The summed E-state index contributed by atoms with van der Waals surface area (Å²) in [6.45, 7) is 7.40. The van der Waals surface area contributed by atoms with Crippen LogP contribution in [-0.2, 0) is 4.57 Å². The van der Waals surface area contributed by atoms with Gasteiger partial charge in [-0.1, -0.05) is 140 Å². The molecule has 1 heterocycles. The predicted octanol–water partition coefficient (Wildman–Crippen LogP) is 7.60. The second-order valence-electron chi connectivity index (χ2n) is 11.5. The third kappa shape index (κ3) is 4.87. The van der Waals surface area contributed by atoms with Crippen molar-refractivity contribution in [2.75, 3.05) is 6.54 Å². The lowest BCUT2D eigenvalue weighted by molar-refractivity contribution is 0.297. The second kappa shape index (κ2) is 11.5. The van der Waals surface area contributed by atoms with Gasteiger partial charge in [0.1, 0.15) is 0 Å². The van der Waals surface area contributed by atoms with E-state index >= 15 is 4.57 Å². The molecule has 0 aliphatic carbocycles. The molecule has 0 aromatic heterocycles. The molecule has 0 saturated heterocycles. The maximum atomic E-state index is 16.5. The Morgan fingerprint density at radius 2 is 0.976 bits per heavy atom. The van der Waals surface area contributed by atoms with Gasteiger partial charge < -0.3 is 4.57 Å². The maximum absolute atomic E-state index is 16.5. The molecule has 0 bridgehead atoms. The third-order valence-electron chi connectivity index (χ3n) is 7.82. The zero-order valence-corrected chi connectivity index (χ0v) is 26.1. The fourth-order valence-corrected chi connectivity index (χ4v) is 16.4. The Hall–Kier alpha value is -3.74. The van der Waals surface area contributed by atoms with Crippen molar-refractivity contribution in [2.45, 2.75) is 26.3 Å². The number of aliphatic imine (C=N–C) groups is 1. The van der Waals surface area contributed by atoms with Gasteiger partial charge in [-0.25, -0.2) is 0 Å². The van der Waals surface area contributed by atoms with Gasteiger partial charge in [-0.3, -0.25) is 9.66 Å². The van der Waals surface area contributed by atoms with Crippen molar-refractivity contribution >= 4 is 51.8 Å². The highest BCUT2D eigenvalue weighted by Crippen LogP contribution is 2.66. The minimum atomic E-state index is -3.43. The molecule has 0 unspecified atom stereocenters. The molecule has 6 rings (SSSR count). The topological polar surface area (TPSA) is 32.7 Å². The van der Waals surface area contributed by atoms with Crippen molar-refractivity contribution in [2.24, 2.45) is 4.99 Å². The molecule has 0 N–H and O–H groups in total. The molecule has 0 radical (unpaired) electrons. The molecule has 0 atom stereocenters. The second-order valence-corrected chi connectivity index (χ2v) is 17.8. The van der Waals surface area contributed by atoms with Crippen LogP contribution in [0.3, 0.4) is 0 Å². The van der Waals surface area contributed by atoms with Gasteiger partial charge in [0, 0.05) is 29.7 Å². The Labute approximate surface area is 250 Å². The first-order valence-corrected chi connectivity index (χ1v) is 17.8. The molecule has 5 aromatic rings. The van der Waals surface area contributed by atoms with Crippen molar-refractivity contribution in [1.29, 1.82) is 0 Å². The largest absolute Gasteiger partial charge is 0.308 e. The molecule has 42 heavy (non-hydrogen) atoms. The van der Waals surface area contributed by atoms with Gasteiger partial charge in [0.05, 0.1) is 16.4 Å². The van der Waals surface area contributed by atoms with Gasteiger partial charge in [-0.2, -0.15) is 0 Å². The number of rotatable bonds is 6. The van der Waals surface area contributed by atoms with Gasteiger partial charge in [0.25, 0.3) is 0 Å². The Morgan fingerprint density at radius 1 is 0.595 bits per heavy atom. The van der Waals surface area contributed by atoms with Crippen molar-refractivity contribution in [3.63, 3.8) is 0 Å². The van der Waals surface area contributed by atoms with E-state index in [1.807, 2.05) is 91.0 Å². The van der Waals surface area contributed by atoms with Crippen LogP contribution in [0, 0.1) is 0 Å². The molecule has 210 valence electrons. The van der Waals surface area contributed by atoms with E-state index in [-0.39, 0.29) is 5.54 Å². The van der Waals surface area contributed by atoms with Gasteiger partial charge in [0.2, 0.25) is 0 Å². The van der Waals surface area contributed by atoms with Gasteiger partial charge in [0.15, 0.2) is 7.14 Å². The summed E-state index contributed by atoms with van der Waals surface area (Å²) >= 11 is 0. The van der Waals surface area contributed by atoms with Crippen LogP contribution in [0.1, 0.15) is 20.8 Å². The van der Waals surface area contributed by atoms with Crippen LogP contribution in [0.4, 0.5) is 5.69 Å². The molecule has 5 aromatic carbocycles. The lowest BCUT2D eigenvalue weighted by atomic mass is 10.1. The first-order valence-electron chi connectivity index (χ1n) is 14.4. The molecule has 0 amide bonds. The number of para-hydroxylation sites is 1. The summed E-state index contributed by atoms with van der Waals surface area (Å²) in [7, 11) is -6.11. The van der Waals surface area contributed by atoms with Gasteiger partial charge >= 0.3 is 0 Å². The van der Waals surface area contributed by atoms with Crippen LogP contribution in [0.15, 0.2) is 157 Å². The monoisotopic (exact) mass is 586 g/mol. The van der Waals surface area contributed by atoms with E-state index in [0.29, 0.717) is 6.54 Å². The minimum Gasteiger partial charge on any atom is -0.308 e. The molecular formula is C37H36N2OP2. The van der Waals surface area contributed by atoms with Crippen LogP contribution in [-0.4, -0.2) is 27.5 Å². The van der Waals surface area contributed by atoms with E-state index in [4.69, 9.17) is 4.99 Å². The van der Waals surface area contributed by atoms with Gasteiger partial charge in [-0.05, 0) is 43.5 Å². The Morgan fingerprint density at radius 3 is 1.38 bits per heavy atom. The minimum absolute atomic E-state index is 0.253. The SMILES string of the molecule is CC(C)(C)N1CC(=Nc2ccccc2)C(P(=O)(c2ccccc2)c2ccccc2)=P1(c1ccccc1)c1ccccc1. The zero-order valence-electron chi connectivity index (χ0n) is 24.3. The molecular weight excluding hydrogens is 550 g/mol. The lowest BCUT2D eigenvalue weighted by Crippen LogP contribution is -2.43. The fourth-order valence-electron chi connectivity index (χ4n) is 6.07. The highest BCUT2D eigenvalue weighted by atomic mass is 31.2. The predicted molar refractivity (Wildman–Crippen MR) is 184 cm³/mol. The Bertz CT molecular complexity index is 1710. The zero-order chi connectivity index (χ0) is 29.2. The molecule has 0 saturated carbocycles. The average Bonchev–Trinajstić information content (AvgIpc) is 3.39. The highest BCUT2D eigenvalue weighted by Gasteiger charge is 2.52. The van der Waals surface area contributed by atoms with Crippen LogP contribution < -0.4 is 21.2 Å². The standard InChI is InChI=1S/C37H36N2OP2/c1-37(2,3)39-29-35(38-30-19-9-4-10-20-30)36(41(39,31-21-11-5-12-22-31)32-23-13-6-14-24-32)42(40,33-25-15-7-16-26-33)34-27-17-8-18-28-34/h4-28H,29H2,1-3H3. The normalized spacial score (nSPS) is 16.5. The van der Waals surface area contributed by atoms with Crippen molar-refractivity contribution in [3.8, 4) is 0 Å². The summed E-state index contributed by atoms with van der Waals surface area (Å²) in [4.78, 5) is 5.36. The number of hydrogen-bond donors (Lipinski definition) is 0. The van der Waals surface area contributed by atoms with Gasteiger partial charge in [-0.15, -0.1) is 0 Å². The molecule has 5 heteroatoms. The summed E-state index contributed by atoms with van der Waals surface area (Å²) in [6, 6.07) is 51.7. The van der Waals surface area contributed by atoms with Crippen molar-refractivity contribution in [3.05, 3.63) is 152 Å². The van der Waals surface area contributed by atoms with Crippen molar-refractivity contribution in [1.82, 2.24) is 4.67 Å². The number of benzene rings is 5. The molecule has 0 fully saturated rings. The summed E-state index contributed by atoms with van der Waals surface area (Å²) in [5, 5.41) is 5.00. The molecule has 3 nitrogen and oxygen atoms in total. The third-order valence-corrected chi connectivity index (χ3v) is 16.9. The Balaban J connectivity index is 1.90. The fraction of sp³-hybridized carbons (Fsp3) is 0.135. The number of hydrogen-bond acceptors (Lipinski definition) is 3. The average molecular weight is 587 g/mol. The maximum Gasteiger partial charge on any atom is 0.174 e. The summed E-state index contributed by atoms with van der Waals surface area (Å²) in [5.41, 5.74) is 1.51. The van der Waals surface area contributed by atoms with E-state index in [9.17, 15) is 0 Å². The quantitative estimate of drug-likeness (QED) is 0.192. The highest BCUT2D eigenvalue weighted by molar-refractivity contribution is 8.11. The molecule has 0 spiro atoms. The van der Waals surface area contributed by atoms with Crippen LogP contribution >= 0.6 is 14.2 Å². The van der Waals surface area contributed by atoms with E-state index in [2.05, 4.69) is 86.1 Å². The van der Waals surface area contributed by atoms with E-state index in [1.165, 1.54) is 10.6 Å². The first-order chi connectivity index (χ1) is 20.4. The summed E-state index contributed by atoms with van der Waals surface area (Å²) in [6.07, 6.45) is 0. The summed E-state index contributed by atoms with van der Waals surface area (Å²) < 4.78 is 19.1. The molecule has 1 aliphatic rings. The first kappa shape index (κ1) is 28.4. The van der Waals surface area contributed by atoms with Crippen LogP contribution in [0.25, 0.3) is 0 Å². The lowest BCUT2D eigenvalue weighted by Gasteiger charge is -2.44. The Kier molecular flexibility index (Phi) is 7.77. The van der Waals surface area contributed by atoms with Crippen LogP contribution in [0.5, 0.6) is 0 Å². The van der Waals surface area contributed by atoms with E-state index < -0.39 is 14.2 Å². The van der Waals surface area contributed by atoms with Crippen LogP contribution in [0.2, 0.25) is 0 Å². The van der Waals surface area contributed by atoms with E-state index in [0.717, 1.165) is 27.0 Å². The number of nitrogens with zero attached hydrogens (tertiary/aromatic N) is 2. The molecule has 1 aliphatic heterocycles.